The van der Waals surface area contributed by atoms with Crippen LogP contribution in [0.1, 0.15) is 39.5 Å². The standard InChI is InChI=1S/C20H23ClN4O3S/c1-12(2)24(19(27)15-11-29-20(3)9-8-17(26)25(15)20)10-16-22-23-18(28-16)13-6-4-5-7-14(13)21/h4-7,12,15H,8-11H2,1-3H3. The van der Waals surface area contributed by atoms with Crippen LogP contribution in [0.5, 0.6) is 0 Å². The first kappa shape index (κ1) is 20.2. The maximum Gasteiger partial charge on any atom is 0.249 e. The summed E-state index contributed by atoms with van der Waals surface area (Å²) in [5.74, 6) is 1.24. The van der Waals surface area contributed by atoms with Gasteiger partial charge in [0, 0.05) is 18.2 Å². The van der Waals surface area contributed by atoms with Gasteiger partial charge in [0.1, 0.15) is 6.04 Å². The van der Waals surface area contributed by atoms with Crippen LogP contribution in [-0.4, -0.2) is 54.5 Å². The van der Waals surface area contributed by atoms with Crippen LogP contribution in [0.4, 0.5) is 0 Å². The second kappa shape index (κ2) is 7.65. The molecule has 7 nitrogen and oxygen atoms in total. The topological polar surface area (TPSA) is 79.5 Å². The summed E-state index contributed by atoms with van der Waals surface area (Å²) in [6.07, 6.45) is 1.28. The predicted octanol–water partition coefficient (Wildman–Crippen LogP) is 3.58. The van der Waals surface area contributed by atoms with Crippen LogP contribution in [0.2, 0.25) is 5.02 Å². The van der Waals surface area contributed by atoms with E-state index in [4.69, 9.17) is 16.0 Å². The molecule has 2 aliphatic rings. The normalized spacial score (nSPS) is 23.7. The second-order valence-corrected chi connectivity index (χ2v) is 9.71. The first-order chi connectivity index (χ1) is 13.8. The van der Waals surface area contributed by atoms with Crippen LogP contribution in [0.15, 0.2) is 28.7 Å². The largest absolute Gasteiger partial charge is 0.419 e. The Balaban J connectivity index is 1.54. The number of rotatable bonds is 5. The van der Waals surface area contributed by atoms with E-state index in [1.165, 1.54) is 0 Å². The van der Waals surface area contributed by atoms with Crippen molar-refractivity contribution in [3.63, 3.8) is 0 Å². The van der Waals surface area contributed by atoms with Crippen molar-refractivity contribution in [2.45, 2.75) is 57.1 Å². The van der Waals surface area contributed by atoms with E-state index in [2.05, 4.69) is 10.2 Å². The maximum absolute atomic E-state index is 13.4. The Bertz CT molecular complexity index is 949. The molecule has 0 N–H and O–H groups in total. The van der Waals surface area contributed by atoms with Gasteiger partial charge in [-0.05, 0) is 39.3 Å². The highest BCUT2D eigenvalue weighted by molar-refractivity contribution is 8.01. The van der Waals surface area contributed by atoms with Crippen LogP contribution >= 0.6 is 23.4 Å². The Labute approximate surface area is 178 Å². The van der Waals surface area contributed by atoms with Gasteiger partial charge in [-0.3, -0.25) is 9.59 Å². The SMILES string of the molecule is CC(C)N(Cc1nnc(-c2ccccc2Cl)o1)C(=O)C1CSC2(C)CCC(=O)N12. The van der Waals surface area contributed by atoms with Gasteiger partial charge in [0.05, 0.1) is 22.0 Å². The summed E-state index contributed by atoms with van der Waals surface area (Å²) in [5, 5.41) is 8.71. The molecule has 2 atom stereocenters. The summed E-state index contributed by atoms with van der Waals surface area (Å²) >= 11 is 7.89. The Morgan fingerprint density at radius 1 is 1.41 bits per heavy atom. The number of carbonyl (C=O) groups excluding carboxylic acids is 2. The summed E-state index contributed by atoms with van der Waals surface area (Å²) in [7, 11) is 0. The first-order valence-corrected chi connectivity index (χ1v) is 11.0. The first-order valence-electron chi connectivity index (χ1n) is 9.64. The molecule has 0 bridgehead atoms. The number of hydrogen-bond donors (Lipinski definition) is 0. The Kier molecular flexibility index (Phi) is 5.33. The van der Waals surface area contributed by atoms with Crippen LogP contribution in [-0.2, 0) is 16.1 Å². The lowest BCUT2D eigenvalue weighted by molar-refractivity contribution is -0.145. The molecule has 1 aromatic heterocycles. The number of aromatic nitrogens is 2. The minimum atomic E-state index is -0.451. The van der Waals surface area contributed by atoms with Gasteiger partial charge in [0.25, 0.3) is 0 Å². The van der Waals surface area contributed by atoms with Gasteiger partial charge in [-0.25, -0.2) is 0 Å². The lowest BCUT2D eigenvalue weighted by Crippen LogP contribution is -2.52. The fraction of sp³-hybridized carbons (Fsp3) is 0.500. The van der Waals surface area contributed by atoms with E-state index < -0.39 is 6.04 Å². The fourth-order valence-corrected chi connectivity index (χ4v) is 5.56. The van der Waals surface area contributed by atoms with Gasteiger partial charge >= 0.3 is 0 Å². The van der Waals surface area contributed by atoms with Crippen molar-refractivity contribution < 1.29 is 14.0 Å². The summed E-state index contributed by atoms with van der Waals surface area (Å²) in [6.45, 7) is 6.12. The minimum absolute atomic E-state index is 0.0540. The molecule has 2 saturated heterocycles. The summed E-state index contributed by atoms with van der Waals surface area (Å²) in [4.78, 5) is 29.0. The van der Waals surface area contributed by atoms with E-state index in [-0.39, 0.29) is 29.3 Å². The lowest BCUT2D eigenvalue weighted by Gasteiger charge is -2.34. The molecule has 2 fully saturated rings. The molecular formula is C20H23ClN4O3S. The summed E-state index contributed by atoms with van der Waals surface area (Å²) in [5.41, 5.74) is 0.654. The van der Waals surface area contributed by atoms with Gasteiger partial charge < -0.3 is 14.2 Å². The number of amides is 2. The molecule has 0 spiro atoms. The molecule has 2 unspecified atom stereocenters. The van der Waals surface area contributed by atoms with Gasteiger partial charge in [0.15, 0.2) is 0 Å². The van der Waals surface area contributed by atoms with E-state index in [9.17, 15) is 9.59 Å². The van der Waals surface area contributed by atoms with Gasteiger partial charge in [-0.2, -0.15) is 0 Å². The maximum atomic E-state index is 13.4. The number of thioether (sulfide) groups is 1. The second-order valence-electron chi connectivity index (χ2n) is 7.81. The Morgan fingerprint density at radius 3 is 2.90 bits per heavy atom. The number of halogens is 1. The molecule has 1 aromatic carbocycles. The molecule has 3 heterocycles. The van der Waals surface area contributed by atoms with Crippen molar-refractivity contribution in [1.82, 2.24) is 20.0 Å². The van der Waals surface area contributed by atoms with Gasteiger partial charge in [-0.1, -0.05) is 23.7 Å². The zero-order chi connectivity index (χ0) is 20.8. The monoisotopic (exact) mass is 434 g/mol. The zero-order valence-corrected chi connectivity index (χ0v) is 18.2. The molecule has 2 aliphatic heterocycles. The molecule has 9 heteroatoms. The highest BCUT2D eigenvalue weighted by atomic mass is 35.5. The summed E-state index contributed by atoms with van der Waals surface area (Å²) < 4.78 is 5.79. The smallest absolute Gasteiger partial charge is 0.249 e. The minimum Gasteiger partial charge on any atom is -0.419 e. The third-order valence-electron chi connectivity index (χ3n) is 5.51. The molecule has 29 heavy (non-hydrogen) atoms. The average molecular weight is 435 g/mol. The van der Waals surface area contributed by atoms with E-state index in [1.54, 1.807) is 33.7 Å². The van der Waals surface area contributed by atoms with Crippen LogP contribution in [0.3, 0.4) is 0 Å². The number of fused-ring (bicyclic) bond motifs is 1. The Morgan fingerprint density at radius 2 is 2.17 bits per heavy atom. The molecule has 0 radical (unpaired) electrons. The third-order valence-corrected chi connectivity index (χ3v) is 7.35. The van der Waals surface area contributed by atoms with E-state index >= 15 is 0 Å². The molecule has 0 aliphatic carbocycles. The van der Waals surface area contributed by atoms with Crippen molar-refractivity contribution in [2.75, 3.05) is 5.75 Å². The third kappa shape index (κ3) is 3.64. The van der Waals surface area contributed by atoms with Crippen molar-refractivity contribution in [3.05, 3.63) is 35.2 Å². The lowest BCUT2D eigenvalue weighted by atomic mass is 10.1. The number of carbonyl (C=O) groups is 2. The number of hydrogen-bond acceptors (Lipinski definition) is 6. The van der Waals surface area contributed by atoms with Crippen LogP contribution in [0, 0.1) is 0 Å². The fourth-order valence-electron chi connectivity index (χ4n) is 3.92. The number of benzene rings is 1. The molecular weight excluding hydrogens is 412 g/mol. The zero-order valence-electron chi connectivity index (χ0n) is 16.6. The quantitative estimate of drug-likeness (QED) is 0.715. The van der Waals surface area contributed by atoms with E-state index in [0.717, 1.165) is 6.42 Å². The predicted molar refractivity (Wildman–Crippen MR) is 111 cm³/mol. The van der Waals surface area contributed by atoms with Crippen molar-refractivity contribution in [3.8, 4) is 11.5 Å². The molecule has 2 amide bonds. The highest BCUT2D eigenvalue weighted by Gasteiger charge is 2.53. The van der Waals surface area contributed by atoms with Crippen LogP contribution in [0.25, 0.3) is 11.5 Å². The Hall–Kier alpha value is -2.06. The van der Waals surface area contributed by atoms with E-state index in [0.29, 0.717) is 34.5 Å². The molecule has 154 valence electrons. The van der Waals surface area contributed by atoms with Gasteiger partial charge in [-0.15, -0.1) is 22.0 Å². The average Bonchev–Trinajstić information content (AvgIpc) is 3.35. The molecule has 2 aromatic rings. The van der Waals surface area contributed by atoms with Crippen molar-refractivity contribution >= 4 is 35.2 Å². The van der Waals surface area contributed by atoms with Crippen molar-refractivity contribution in [2.24, 2.45) is 0 Å². The van der Waals surface area contributed by atoms with Crippen molar-refractivity contribution in [1.29, 1.82) is 0 Å². The summed E-state index contributed by atoms with van der Waals surface area (Å²) in [6, 6.07) is 6.71. The molecule has 4 rings (SSSR count). The van der Waals surface area contributed by atoms with Crippen LogP contribution < -0.4 is 0 Å². The molecule has 0 saturated carbocycles. The highest BCUT2D eigenvalue weighted by Crippen LogP contribution is 2.47. The van der Waals surface area contributed by atoms with Gasteiger partial charge in [0.2, 0.25) is 23.6 Å². The number of nitrogens with zero attached hydrogens (tertiary/aromatic N) is 4. The van der Waals surface area contributed by atoms with E-state index in [1.807, 2.05) is 32.9 Å².